The van der Waals surface area contributed by atoms with Gasteiger partial charge in [-0.15, -0.1) is 11.8 Å². The summed E-state index contributed by atoms with van der Waals surface area (Å²) in [5.41, 5.74) is 0.390. The molecule has 1 aliphatic heterocycles. The normalized spacial score (nSPS) is 18.2. The lowest BCUT2D eigenvalue weighted by Crippen LogP contribution is -2.34. The topological polar surface area (TPSA) is 67.4 Å². The molecule has 21 heavy (non-hydrogen) atoms. The molecule has 0 radical (unpaired) electrons. The molecular formula is C14H26N2O3S2. The van der Waals surface area contributed by atoms with Gasteiger partial charge in [-0.25, -0.2) is 0 Å². The maximum atomic E-state index is 11.5. The van der Waals surface area contributed by atoms with Crippen LogP contribution in [0.3, 0.4) is 0 Å². The molecule has 7 heteroatoms. The lowest BCUT2D eigenvalue weighted by Gasteiger charge is -2.21. The molecule has 1 atom stereocenters. The van der Waals surface area contributed by atoms with Gasteiger partial charge in [-0.05, 0) is 37.2 Å². The van der Waals surface area contributed by atoms with E-state index in [1.54, 1.807) is 11.8 Å². The number of nitrogens with one attached hydrogen (secondary N) is 2. The summed E-state index contributed by atoms with van der Waals surface area (Å²) in [6.07, 6.45) is 4.76. The standard InChI is InChI=1S/C14H26N2O3S2/c1-12(17)15-6-7-16-13(18)11-20-9-4-10-21-14-5-2-3-8-19-14/h14H,2-11H2,1H3,(H,15,17)(H,16,18). The maximum absolute atomic E-state index is 11.5. The van der Waals surface area contributed by atoms with Gasteiger partial charge in [0, 0.05) is 26.6 Å². The first kappa shape index (κ1) is 18.6. The maximum Gasteiger partial charge on any atom is 0.230 e. The Kier molecular flexibility index (Phi) is 10.8. The zero-order valence-electron chi connectivity index (χ0n) is 12.7. The van der Waals surface area contributed by atoms with Crippen molar-refractivity contribution in [3.8, 4) is 0 Å². The van der Waals surface area contributed by atoms with Gasteiger partial charge in [-0.1, -0.05) is 0 Å². The Morgan fingerprint density at radius 2 is 2.00 bits per heavy atom. The second-order valence-electron chi connectivity index (χ2n) is 4.91. The Morgan fingerprint density at radius 1 is 1.19 bits per heavy atom. The average molecular weight is 335 g/mol. The molecule has 1 unspecified atom stereocenters. The molecule has 0 bridgehead atoms. The molecule has 1 saturated heterocycles. The van der Waals surface area contributed by atoms with E-state index in [0.29, 0.717) is 24.3 Å². The van der Waals surface area contributed by atoms with Crippen molar-refractivity contribution >= 4 is 35.3 Å². The van der Waals surface area contributed by atoms with E-state index in [2.05, 4.69) is 10.6 Å². The van der Waals surface area contributed by atoms with Gasteiger partial charge in [-0.2, -0.15) is 11.8 Å². The van der Waals surface area contributed by atoms with Crippen LogP contribution in [0.1, 0.15) is 32.6 Å². The Balaban J connectivity index is 1.84. The molecule has 2 amide bonds. The summed E-state index contributed by atoms with van der Waals surface area (Å²) in [5, 5.41) is 5.42. The molecular weight excluding hydrogens is 308 g/mol. The van der Waals surface area contributed by atoms with Crippen molar-refractivity contribution in [2.45, 2.75) is 38.0 Å². The highest BCUT2D eigenvalue weighted by Gasteiger charge is 2.13. The molecule has 1 aliphatic rings. The molecule has 2 N–H and O–H groups in total. The van der Waals surface area contributed by atoms with E-state index in [9.17, 15) is 9.59 Å². The van der Waals surface area contributed by atoms with Crippen LogP contribution in [-0.2, 0) is 14.3 Å². The Labute approximate surface area is 135 Å². The SMILES string of the molecule is CC(=O)NCCNC(=O)CSCCCSC1CCCCO1. The van der Waals surface area contributed by atoms with Gasteiger partial charge < -0.3 is 15.4 Å². The minimum absolute atomic E-state index is 0.0358. The lowest BCUT2D eigenvalue weighted by atomic mass is 10.2. The Morgan fingerprint density at radius 3 is 2.71 bits per heavy atom. The second-order valence-corrected chi connectivity index (χ2v) is 7.28. The third kappa shape index (κ3) is 10.9. The van der Waals surface area contributed by atoms with E-state index < -0.39 is 0 Å². The van der Waals surface area contributed by atoms with Gasteiger partial charge in [0.2, 0.25) is 11.8 Å². The van der Waals surface area contributed by atoms with Crippen LogP contribution in [0.4, 0.5) is 0 Å². The fourth-order valence-electron chi connectivity index (χ4n) is 1.87. The average Bonchev–Trinajstić information content (AvgIpc) is 2.48. The van der Waals surface area contributed by atoms with Crippen LogP contribution in [-0.4, -0.2) is 54.2 Å². The number of amides is 2. The number of thioether (sulfide) groups is 2. The van der Waals surface area contributed by atoms with Crippen molar-refractivity contribution in [2.24, 2.45) is 0 Å². The third-order valence-electron chi connectivity index (χ3n) is 2.93. The largest absolute Gasteiger partial charge is 0.368 e. The number of hydrogen-bond donors (Lipinski definition) is 2. The minimum Gasteiger partial charge on any atom is -0.368 e. The Hall–Kier alpha value is -0.400. The van der Waals surface area contributed by atoms with Gasteiger partial charge in [0.05, 0.1) is 5.75 Å². The van der Waals surface area contributed by atoms with E-state index in [0.717, 1.165) is 24.5 Å². The molecule has 5 nitrogen and oxygen atoms in total. The van der Waals surface area contributed by atoms with Crippen molar-refractivity contribution < 1.29 is 14.3 Å². The van der Waals surface area contributed by atoms with E-state index >= 15 is 0 Å². The van der Waals surface area contributed by atoms with Crippen LogP contribution in [0, 0.1) is 0 Å². The van der Waals surface area contributed by atoms with Gasteiger partial charge in [0.1, 0.15) is 5.44 Å². The fourth-order valence-corrected chi connectivity index (χ4v) is 3.94. The molecule has 122 valence electrons. The molecule has 1 rings (SSSR count). The molecule has 0 aromatic rings. The zero-order valence-corrected chi connectivity index (χ0v) is 14.3. The number of carbonyl (C=O) groups excluding carboxylic acids is 2. The molecule has 0 spiro atoms. The first-order valence-corrected chi connectivity index (χ1v) is 9.71. The number of carbonyl (C=O) groups is 2. The molecule has 0 aromatic heterocycles. The first-order valence-electron chi connectivity index (χ1n) is 7.50. The lowest BCUT2D eigenvalue weighted by molar-refractivity contribution is -0.120. The van der Waals surface area contributed by atoms with Crippen molar-refractivity contribution in [1.29, 1.82) is 0 Å². The van der Waals surface area contributed by atoms with Gasteiger partial charge in [0.25, 0.3) is 0 Å². The monoisotopic (exact) mass is 334 g/mol. The molecule has 1 heterocycles. The van der Waals surface area contributed by atoms with Crippen molar-refractivity contribution in [2.75, 3.05) is 37.0 Å². The summed E-state index contributed by atoms with van der Waals surface area (Å²) >= 11 is 3.56. The highest BCUT2D eigenvalue weighted by molar-refractivity contribution is 8.00. The van der Waals surface area contributed by atoms with Crippen LogP contribution >= 0.6 is 23.5 Å². The number of hydrogen-bond acceptors (Lipinski definition) is 5. The Bertz CT molecular complexity index is 311. The van der Waals surface area contributed by atoms with E-state index in [4.69, 9.17) is 4.74 Å². The predicted octanol–water partition coefficient (Wildman–Crippen LogP) is 1.62. The van der Waals surface area contributed by atoms with E-state index in [-0.39, 0.29) is 11.8 Å². The number of ether oxygens (including phenoxy) is 1. The van der Waals surface area contributed by atoms with Crippen molar-refractivity contribution in [3.05, 3.63) is 0 Å². The first-order chi connectivity index (χ1) is 10.2. The quantitative estimate of drug-likeness (QED) is 0.594. The highest BCUT2D eigenvalue weighted by atomic mass is 32.2. The van der Waals surface area contributed by atoms with E-state index in [1.807, 2.05) is 11.8 Å². The summed E-state index contributed by atoms with van der Waals surface area (Å²) in [6, 6.07) is 0. The summed E-state index contributed by atoms with van der Waals surface area (Å²) in [5.74, 6) is 2.55. The smallest absolute Gasteiger partial charge is 0.230 e. The van der Waals surface area contributed by atoms with Crippen molar-refractivity contribution in [1.82, 2.24) is 10.6 Å². The van der Waals surface area contributed by atoms with Gasteiger partial charge >= 0.3 is 0 Å². The zero-order chi connectivity index (χ0) is 15.3. The van der Waals surface area contributed by atoms with Gasteiger partial charge in [0.15, 0.2) is 0 Å². The van der Waals surface area contributed by atoms with Gasteiger partial charge in [-0.3, -0.25) is 9.59 Å². The summed E-state index contributed by atoms with van der Waals surface area (Å²) in [6.45, 7) is 3.36. The van der Waals surface area contributed by atoms with Crippen LogP contribution in [0.25, 0.3) is 0 Å². The molecule has 0 aromatic carbocycles. The van der Waals surface area contributed by atoms with E-state index in [1.165, 1.54) is 26.2 Å². The summed E-state index contributed by atoms with van der Waals surface area (Å²) in [7, 11) is 0. The van der Waals surface area contributed by atoms with Crippen LogP contribution < -0.4 is 10.6 Å². The fraction of sp³-hybridized carbons (Fsp3) is 0.857. The minimum atomic E-state index is -0.0712. The molecule has 1 fully saturated rings. The summed E-state index contributed by atoms with van der Waals surface area (Å²) < 4.78 is 5.66. The predicted molar refractivity (Wildman–Crippen MR) is 89.7 cm³/mol. The molecule has 0 aliphatic carbocycles. The van der Waals surface area contributed by atoms with Crippen LogP contribution in [0.15, 0.2) is 0 Å². The second kappa shape index (κ2) is 12.2. The number of rotatable bonds is 10. The third-order valence-corrected chi connectivity index (χ3v) is 5.24. The summed E-state index contributed by atoms with van der Waals surface area (Å²) in [4.78, 5) is 22.1. The molecule has 0 saturated carbocycles. The highest BCUT2D eigenvalue weighted by Crippen LogP contribution is 2.24. The van der Waals surface area contributed by atoms with Crippen molar-refractivity contribution in [3.63, 3.8) is 0 Å². The van der Waals surface area contributed by atoms with Crippen LogP contribution in [0.5, 0.6) is 0 Å². The van der Waals surface area contributed by atoms with Crippen LogP contribution in [0.2, 0.25) is 0 Å².